The number of rotatable bonds is 8. The first kappa shape index (κ1) is 36.3. The van der Waals surface area contributed by atoms with Crippen LogP contribution in [-0.2, 0) is 30.3 Å². The molecule has 5 N–H and O–H groups in total. The minimum absolute atomic E-state index is 0.0402. The lowest BCUT2D eigenvalue weighted by atomic mass is 10.0. The molecule has 1 fully saturated rings. The van der Waals surface area contributed by atoms with Crippen molar-refractivity contribution >= 4 is 29.5 Å². The number of benzene rings is 2. The molecule has 2 aliphatic rings. The summed E-state index contributed by atoms with van der Waals surface area (Å²) in [6, 6.07) is 12.1. The number of amides is 5. The molecular weight excluding hydrogens is 616 g/mol. The molecule has 4 atom stereocenters. The van der Waals surface area contributed by atoms with Crippen molar-refractivity contribution in [1.29, 1.82) is 0 Å². The first-order valence-electron chi connectivity index (χ1n) is 16.6. The Morgan fingerprint density at radius 3 is 2.35 bits per heavy atom. The van der Waals surface area contributed by atoms with Gasteiger partial charge in [0.05, 0.1) is 31.2 Å². The number of para-hydroxylation sites is 1. The van der Waals surface area contributed by atoms with Crippen molar-refractivity contribution in [3.05, 3.63) is 65.7 Å². The summed E-state index contributed by atoms with van der Waals surface area (Å²) in [7, 11) is 0. The number of morpholine rings is 1. The van der Waals surface area contributed by atoms with E-state index < -0.39 is 60.1 Å². The van der Waals surface area contributed by atoms with Crippen molar-refractivity contribution < 1.29 is 33.4 Å². The SMILES string of the molecule is CC(C)[C@H]1NC(=O)[C@H](Cc2ccccc2)NC(=O)C[C@@H](C(=O)NCCCN2CCOCC2)NC(=O)c2ccccc2OC[C@H](C)NC1=O. The molecule has 260 valence electrons. The fourth-order valence-electron chi connectivity index (χ4n) is 5.56. The van der Waals surface area contributed by atoms with E-state index in [1.807, 2.05) is 44.2 Å². The molecule has 2 heterocycles. The number of hydrogen-bond donors (Lipinski definition) is 5. The highest BCUT2D eigenvalue weighted by Crippen LogP contribution is 2.19. The minimum atomic E-state index is -1.24. The van der Waals surface area contributed by atoms with Gasteiger partial charge < -0.3 is 36.1 Å². The van der Waals surface area contributed by atoms with Gasteiger partial charge in [0, 0.05) is 26.1 Å². The van der Waals surface area contributed by atoms with Crippen molar-refractivity contribution in [1.82, 2.24) is 31.5 Å². The monoisotopic (exact) mass is 664 g/mol. The van der Waals surface area contributed by atoms with E-state index in [0.717, 1.165) is 25.2 Å². The molecule has 4 rings (SSSR count). The van der Waals surface area contributed by atoms with Crippen molar-refractivity contribution in [2.24, 2.45) is 5.92 Å². The summed E-state index contributed by atoms with van der Waals surface area (Å²) in [6.45, 7) is 9.55. The number of carbonyl (C=O) groups excluding carboxylic acids is 5. The first-order chi connectivity index (χ1) is 23.1. The average molecular weight is 665 g/mol. The Hall–Kier alpha value is -4.49. The van der Waals surface area contributed by atoms with E-state index in [4.69, 9.17) is 9.47 Å². The molecule has 0 bridgehead atoms. The van der Waals surface area contributed by atoms with Crippen LogP contribution < -0.4 is 31.3 Å². The number of nitrogens with one attached hydrogen (secondary N) is 5. The van der Waals surface area contributed by atoms with Crippen LogP contribution in [0.3, 0.4) is 0 Å². The fraction of sp³-hybridized carbons (Fsp3) is 0.514. The van der Waals surface area contributed by atoms with Gasteiger partial charge in [0.2, 0.25) is 23.6 Å². The summed E-state index contributed by atoms with van der Waals surface area (Å²) in [5, 5.41) is 14.0. The lowest BCUT2D eigenvalue weighted by Crippen LogP contribution is -2.57. The molecule has 48 heavy (non-hydrogen) atoms. The van der Waals surface area contributed by atoms with Gasteiger partial charge in [-0.05, 0) is 43.5 Å². The summed E-state index contributed by atoms with van der Waals surface area (Å²) < 4.78 is 11.3. The second-order valence-corrected chi connectivity index (χ2v) is 12.6. The highest BCUT2D eigenvalue weighted by atomic mass is 16.5. The van der Waals surface area contributed by atoms with Crippen LogP contribution >= 0.6 is 0 Å². The molecule has 13 nitrogen and oxygen atoms in total. The average Bonchev–Trinajstić information content (AvgIpc) is 3.07. The normalized spacial score (nSPS) is 23.4. The lowest BCUT2D eigenvalue weighted by molar-refractivity contribution is -0.133. The van der Waals surface area contributed by atoms with Crippen LogP contribution in [0.2, 0.25) is 0 Å². The zero-order valence-electron chi connectivity index (χ0n) is 28.0. The smallest absolute Gasteiger partial charge is 0.255 e. The quantitative estimate of drug-likeness (QED) is 0.258. The highest BCUT2D eigenvalue weighted by molar-refractivity contribution is 6.01. The highest BCUT2D eigenvalue weighted by Gasteiger charge is 2.32. The van der Waals surface area contributed by atoms with E-state index in [1.165, 1.54) is 0 Å². The number of carbonyl (C=O) groups is 5. The molecule has 1 saturated heterocycles. The third kappa shape index (κ3) is 11.1. The standard InChI is InChI=1S/C35H48N6O7/c1-23(2)31-35(46)37-24(3)22-48-29-13-8-7-12-26(29)32(43)39-28(33(44)36-14-9-15-41-16-18-47-19-17-41)21-30(42)38-27(34(45)40-31)20-25-10-5-4-6-11-25/h4-8,10-13,23-24,27-28,31H,9,14-22H2,1-3H3,(H,36,44)(H,37,46)(H,38,42)(H,39,43)(H,40,45)/t24-,27-,28-,31+/m0/s1. The minimum Gasteiger partial charge on any atom is -0.491 e. The summed E-state index contributed by atoms with van der Waals surface area (Å²) in [5.41, 5.74) is 0.962. The van der Waals surface area contributed by atoms with Crippen LogP contribution in [0.5, 0.6) is 5.75 Å². The largest absolute Gasteiger partial charge is 0.491 e. The maximum Gasteiger partial charge on any atom is 0.255 e. The summed E-state index contributed by atoms with van der Waals surface area (Å²) in [4.78, 5) is 69.9. The molecule has 13 heteroatoms. The molecule has 2 aliphatic heterocycles. The number of fused-ring (bicyclic) bond motifs is 1. The number of ether oxygens (including phenoxy) is 2. The van der Waals surface area contributed by atoms with Gasteiger partial charge in [-0.3, -0.25) is 28.9 Å². The van der Waals surface area contributed by atoms with Gasteiger partial charge in [0.15, 0.2) is 0 Å². The second-order valence-electron chi connectivity index (χ2n) is 12.6. The summed E-state index contributed by atoms with van der Waals surface area (Å²) >= 11 is 0. The Morgan fingerprint density at radius 2 is 1.62 bits per heavy atom. The Kier molecular flexibility index (Phi) is 13.8. The van der Waals surface area contributed by atoms with E-state index in [2.05, 4.69) is 31.5 Å². The Morgan fingerprint density at radius 1 is 0.917 bits per heavy atom. The van der Waals surface area contributed by atoms with E-state index >= 15 is 0 Å². The molecular formula is C35H48N6O7. The fourth-order valence-corrected chi connectivity index (χ4v) is 5.56. The van der Waals surface area contributed by atoms with Crippen LogP contribution in [-0.4, -0.2) is 105 Å². The van der Waals surface area contributed by atoms with Gasteiger partial charge in [-0.15, -0.1) is 0 Å². The van der Waals surface area contributed by atoms with Crippen molar-refractivity contribution in [3.63, 3.8) is 0 Å². The predicted octanol–water partition coefficient (Wildman–Crippen LogP) is 0.779. The molecule has 0 spiro atoms. The van der Waals surface area contributed by atoms with Gasteiger partial charge in [-0.2, -0.15) is 0 Å². The summed E-state index contributed by atoms with van der Waals surface area (Å²) in [5.74, 6) is -2.71. The van der Waals surface area contributed by atoms with Crippen LogP contribution in [0.15, 0.2) is 54.6 Å². The van der Waals surface area contributed by atoms with E-state index in [0.29, 0.717) is 26.2 Å². The lowest BCUT2D eigenvalue weighted by Gasteiger charge is -2.27. The van der Waals surface area contributed by atoms with Crippen LogP contribution in [0.25, 0.3) is 0 Å². The molecule has 0 aromatic heterocycles. The van der Waals surface area contributed by atoms with Crippen molar-refractivity contribution in [2.75, 3.05) is 46.0 Å². The zero-order valence-corrected chi connectivity index (χ0v) is 28.0. The zero-order chi connectivity index (χ0) is 34.5. The third-order valence-electron chi connectivity index (χ3n) is 8.26. The Labute approximate surface area is 281 Å². The molecule has 0 saturated carbocycles. The number of hydrogen-bond acceptors (Lipinski definition) is 8. The van der Waals surface area contributed by atoms with Crippen LogP contribution in [0, 0.1) is 5.92 Å². The molecule has 2 aromatic rings. The van der Waals surface area contributed by atoms with E-state index in [9.17, 15) is 24.0 Å². The maximum atomic E-state index is 13.7. The molecule has 0 aliphatic carbocycles. The van der Waals surface area contributed by atoms with Gasteiger partial charge in [-0.1, -0.05) is 56.3 Å². The van der Waals surface area contributed by atoms with E-state index in [1.54, 1.807) is 31.2 Å². The Bertz CT molecular complexity index is 1400. The number of nitrogens with zero attached hydrogens (tertiary/aromatic N) is 1. The maximum absolute atomic E-state index is 13.7. The van der Waals surface area contributed by atoms with E-state index in [-0.39, 0.29) is 30.3 Å². The second kappa shape index (κ2) is 18.2. The topological polar surface area (TPSA) is 167 Å². The van der Waals surface area contributed by atoms with Crippen LogP contribution in [0.1, 0.15) is 49.5 Å². The van der Waals surface area contributed by atoms with Gasteiger partial charge in [0.25, 0.3) is 5.91 Å². The van der Waals surface area contributed by atoms with Crippen molar-refractivity contribution in [2.45, 2.75) is 64.2 Å². The Balaban J connectivity index is 1.58. The third-order valence-corrected chi connectivity index (χ3v) is 8.26. The summed E-state index contributed by atoms with van der Waals surface area (Å²) in [6.07, 6.45) is 0.400. The predicted molar refractivity (Wildman–Crippen MR) is 179 cm³/mol. The molecule has 0 unspecified atom stereocenters. The first-order valence-corrected chi connectivity index (χ1v) is 16.6. The molecule has 5 amide bonds. The van der Waals surface area contributed by atoms with Gasteiger partial charge >= 0.3 is 0 Å². The van der Waals surface area contributed by atoms with Crippen LogP contribution in [0.4, 0.5) is 0 Å². The van der Waals surface area contributed by atoms with Crippen molar-refractivity contribution in [3.8, 4) is 5.75 Å². The molecule has 0 radical (unpaired) electrons. The molecule has 2 aromatic carbocycles. The van der Waals surface area contributed by atoms with Gasteiger partial charge in [-0.25, -0.2) is 0 Å². The van der Waals surface area contributed by atoms with Gasteiger partial charge in [0.1, 0.15) is 30.5 Å².